The van der Waals surface area contributed by atoms with Crippen molar-refractivity contribution in [1.82, 2.24) is 16.0 Å². The van der Waals surface area contributed by atoms with Crippen LogP contribution in [0, 0.1) is 5.82 Å². The maximum atomic E-state index is 13.6. The molecular weight excluding hydrogens is 458 g/mol. The van der Waals surface area contributed by atoms with E-state index in [4.69, 9.17) is 0 Å². The SMILES string of the molecule is CCNC(=NCCc1ccccc1F)NCCNC(=O)c1ccccc1.I. The number of guanidine groups is 1. The Hall–Kier alpha value is -2.16. The van der Waals surface area contributed by atoms with Crippen molar-refractivity contribution in [3.8, 4) is 0 Å². The second-order valence-corrected chi connectivity index (χ2v) is 5.65. The fourth-order valence-electron chi connectivity index (χ4n) is 2.38. The minimum Gasteiger partial charge on any atom is -0.357 e. The summed E-state index contributed by atoms with van der Waals surface area (Å²) in [7, 11) is 0. The first kappa shape index (κ1) is 22.9. The largest absolute Gasteiger partial charge is 0.357 e. The number of amides is 1. The molecule has 0 radical (unpaired) electrons. The summed E-state index contributed by atoms with van der Waals surface area (Å²) in [6.07, 6.45) is 0.536. The maximum absolute atomic E-state index is 13.6. The normalized spacial score (nSPS) is 10.7. The van der Waals surface area contributed by atoms with Crippen molar-refractivity contribution in [2.24, 2.45) is 4.99 Å². The van der Waals surface area contributed by atoms with Crippen LogP contribution >= 0.6 is 24.0 Å². The van der Waals surface area contributed by atoms with E-state index in [9.17, 15) is 9.18 Å². The van der Waals surface area contributed by atoms with Crippen molar-refractivity contribution in [3.05, 3.63) is 71.5 Å². The molecule has 0 spiro atoms. The smallest absolute Gasteiger partial charge is 0.251 e. The summed E-state index contributed by atoms with van der Waals surface area (Å²) in [5, 5.41) is 9.15. The summed E-state index contributed by atoms with van der Waals surface area (Å²) in [5.41, 5.74) is 1.29. The van der Waals surface area contributed by atoms with Gasteiger partial charge in [-0.3, -0.25) is 9.79 Å². The molecule has 2 aromatic rings. The van der Waals surface area contributed by atoms with Gasteiger partial charge >= 0.3 is 0 Å². The number of nitrogens with one attached hydrogen (secondary N) is 3. The highest BCUT2D eigenvalue weighted by Crippen LogP contribution is 2.06. The molecule has 7 heteroatoms. The molecule has 0 aliphatic rings. The topological polar surface area (TPSA) is 65.5 Å². The van der Waals surface area contributed by atoms with Crippen molar-refractivity contribution in [3.63, 3.8) is 0 Å². The molecule has 0 fully saturated rings. The van der Waals surface area contributed by atoms with Crippen molar-refractivity contribution in [1.29, 1.82) is 0 Å². The first-order chi connectivity index (χ1) is 12.7. The van der Waals surface area contributed by atoms with Gasteiger partial charge in [-0.2, -0.15) is 0 Å². The van der Waals surface area contributed by atoms with Gasteiger partial charge in [-0.25, -0.2) is 4.39 Å². The van der Waals surface area contributed by atoms with Crippen molar-refractivity contribution < 1.29 is 9.18 Å². The Labute approximate surface area is 176 Å². The zero-order valence-electron chi connectivity index (χ0n) is 15.4. The molecular formula is C20H26FIN4O. The lowest BCUT2D eigenvalue weighted by Crippen LogP contribution is -2.41. The Morgan fingerprint density at radius 2 is 1.63 bits per heavy atom. The fourth-order valence-corrected chi connectivity index (χ4v) is 2.38. The van der Waals surface area contributed by atoms with Gasteiger partial charge in [-0.1, -0.05) is 36.4 Å². The summed E-state index contributed by atoms with van der Waals surface area (Å²) < 4.78 is 13.6. The van der Waals surface area contributed by atoms with E-state index in [1.54, 1.807) is 24.3 Å². The molecule has 146 valence electrons. The van der Waals surface area contributed by atoms with E-state index in [1.165, 1.54) is 6.07 Å². The average Bonchev–Trinajstić information content (AvgIpc) is 2.67. The van der Waals surface area contributed by atoms with Crippen molar-refractivity contribution in [2.45, 2.75) is 13.3 Å². The fraction of sp³-hybridized carbons (Fsp3) is 0.300. The lowest BCUT2D eigenvalue weighted by molar-refractivity contribution is 0.0954. The van der Waals surface area contributed by atoms with E-state index in [0.29, 0.717) is 43.1 Å². The van der Waals surface area contributed by atoms with Gasteiger partial charge in [0.25, 0.3) is 5.91 Å². The summed E-state index contributed by atoms with van der Waals surface area (Å²) in [4.78, 5) is 16.4. The molecule has 3 N–H and O–H groups in total. The molecule has 0 aliphatic heterocycles. The highest BCUT2D eigenvalue weighted by Gasteiger charge is 2.04. The van der Waals surface area contributed by atoms with Gasteiger partial charge in [0, 0.05) is 31.7 Å². The number of aliphatic imine (C=N–C) groups is 1. The van der Waals surface area contributed by atoms with Crippen LogP contribution in [0.1, 0.15) is 22.8 Å². The molecule has 2 aromatic carbocycles. The van der Waals surface area contributed by atoms with E-state index in [-0.39, 0.29) is 35.7 Å². The van der Waals surface area contributed by atoms with E-state index in [2.05, 4.69) is 20.9 Å². The van der Waals surface area contributed by atoms with E-state index < -0.39 is 0 Å². The van der Waals surface area contributed by atoms with Gasteiger partial charge in [-0.15, -0.1) is 24.0 Å². The third-order valence-electron chi connectivity index (χ3n) is 3.69. The predicted molar refractivity (Wildman–Crippen MR) is 118 cm³/mol. The highest BCUT2D eigenvalue weighted by molar-refractivity contribution is 14.0. The molecule has 0 aromatic heterocycles. The number of carbonyl (C=O) groups is 1. The van der Waals surface area contributed by atoms with Crippen LogP contribution in [0.5, 0.6) is 0 Å². The summed E-state index contributed by atoms with van der Waals surface area (Å²) in [6, 6.07) is 15.8. The standard InChI is InChI=1S/C20H25FN4O.HI/c1-2-22-20(24-13-12-16-8-6-7-11-18(16)21)25-15-14-23-19(26)17-9-4-3-5-10-17;/h3-11H,2,12-15H2,1H3,(H,23,26)(H2,22,24,25);1H. The van der Waals surface area contributed by atoms with Gasteiger partial charge in [0.2, 0.25) is 0 Å². The van der Waals surface area contributed by atoms with Gasteiger partial charge in [-0.05, 0) is 37.1 Å². The van der Waals surface area contributed by atoms with E-state index >= 15 is 0 Å². The molecule has 2 rings (SSSR count). The van der Waals surface area contributed by atoms with Crippen LogP contribution in [0.3, 0.4) is 0 Å². The van der Waals surface area contributed by atoms with Crippen LogP contribution in [0.15, 0.2) is 59.6 Å². The van der Waals surface area contributed by atoms with Gasteiger partial charge < -0.3 is 16.0 Å². The molecule has 0 atom stereocenters. The molecule has 5 nitrogen and oxygen atoms in total. The number of rotatable bonds is 8. The second-order valence-electron chi connectivity index (χ2n) is 5.65. The highest BCUT2D eigenvalue weighted by atomic mass is 127. The Kier molecular flexibility index (Phi) is 11.1. The van der Waals surface area contributed by atoms with Gasteiger partial charge in [0.1, 0.15) is 5.82 Å². The molecule has 0 saturated heterocycles. The number of carbonyl (C=O) groups excluding carboxylic acids is 1. The lowest BCUT2D eigenvalue weighted by Gasteiger charge is -2.12. The maximum Gasteiger partial charge on any atom is 0.251 e. The first-order valence-electron chi connectivity index (χ1n) is 8.79. The Morgan fingerprint density at radius 3 is 2.33 bits per heavy atom. The third kappa shape index (κ3) is 8.38. The van der Waals surface area contributed by atoms with Crippen molar-refractivity contribution in [2.75, 3.05) is 26.2 Å². The van der Waals surface area contributed by atoms with Gasteiger partial charge in [0.05, 0.1) is 0 Å². The number of benzene rings is 2. The summed E-state index contributed by atoms with van der Waals surface area (Å²) in [5.74, 6) is 0.343. The molecule has 0 heterocycles. The Balaban J connectivity index is 0.00000364. The van der Waals surface area contributed by atoms with Crippen LogP contribution in [-0.4, -0.2) is 38.0 Å². The number of hydrogen-bond acceptors (Lipinski definition) is 2. The van der Waals surface area contributed by atoms with Crippen molar-refractivity contribution >= 4 is 35.8 Å². The molecule has 0 bridgehead atoms. The van der Waals surface area contributed by atoms with Crippen LogP contribution in [0.2, 0.25) is 0 Å². The third-order valence-corrected chi connectivity index (χ3v) is 3.69. The lowest BCUT2D eigenvalue weighted by atomic mass is 10.1. The minimum absolute atomic E-state index is 0. The Bertz CT molecular complexity index is 725. The van der Waals surface area contributed by atoms with Crippen LogP contribution < -0.4 is 16.0 Å². The van der Waals surface area contributed by atoms with Crippen LogP contribution in [0.25, 0.3) is 0 Å². The van der Waals surface area contributed by atoms with Crippen LogP contribution in [-0.2, 0) is 6.42 Å². The zero-order chi connectivity index (χ0) is 18.6. The number of nitrogens with zero attached hydrogens (tertiary/aromatic N) is 1. The number of halogens is 2. The molecule has 0 aliphatic carbocycles. The molecule has 0 unspecified atom stereocenters. The van der Waals surface area contributed by atoms with E-state index in [1.807, 2.05) is 31.2 Å². The average molecular weight is 484 g/mol. The predicted octanol–water partition coefficient (Wildman–Crippen LogP) is 2.97. The zero-order valence-corrected chi connectivity index (χ0v) is 17.7. The van der Waals surface area contributed by atoms with Crippen LogP contribution in [0.4, 0.5) is 4.39 Å². The Morgan fingerprint density at radius 1 is 0.963 bits per heavy atom. The summed E-state index contributed by atoms with van der Waals surface area (Å²) in [6.45, 7) is 4.20. The summed E-state index contributed by atoms with van der Waals surface area (Å²) >= 11 is 0. The first-order valence-corrected chi connectivity index (χ1v) is 8.79. The van der Waals surface area contributed by atoms with Gasteiger partial charge in [0.15, 0.2) is 5.96 Å². The number of hydrogen-bond donors (Lipinski definition) is 3. The van der Waals surface area contributed by atoms with E-state index in [0.717, 1.165) is 6.54 Å². The monoisotopic (exact) mass is 484 g/mol. The quantitative estimate of drug-likeness (QED) is 0.234. The second kappa shape index (κ2) is 13.1. The molecule has 1 amide bonds. The molecule has 0 saturated carbocycles. The molecule has 27 heavy (non-hydrogen) atoms. The minimum atomic E-state index is -0.204.